The number of benzene rings is 1. The minimum atomic E-state index is -0.116. The van der Waals surface area contributed by atoms with Gasteiger partial charge in [0.25, 0.3) is 0 Å². The van der Waals surface area contributed by atoms with E-state index in [1.165, 1.54) is 0 Å². The van der Waals surface area contributed by atoms with Crippen molar-refractivity contribution in [2.24, 2.45) is 0 Å². The van der Waals surface area contributed by atoms with Gasteiger partial charge in [0.1, 0.15) is 11.9 Å². The van der Waals surface area contributed by atoms with Crippen LogP contribution in [-0.2, 0) is 4.74 Å². The summed E-state index contributed by atoms with van der Waals surface area (Å²) in [4.78, 5) is 15.6. The van der Waals surface area contributed by atoms with E-state index in [-0.39, 0.29) is 6.04 Å². The van der Waals surface area contributed by atoms with Gasteiger partial charge in [-0.15, -0.1) is 0 Å². The van der Waals surface area contributed by atoms with Crippen LogP contribution in [0.2, 0.25) is 0 Å². The lowest BCUT2D eigenvalue weighted by Gasteiger charge is -2.34. The summed E-state index contributed by atoms with van der Waals surface area (Å²) in [7, 11) is 0. The van der Waals surface area contributed by atoms with Crippen LogP contribution in [-0.4, -0.2) is 39.9 Å². The van der Waals surface area contributed by atoms with Gasteiger partial charge in [0.05, 0.1) is 13.2 Å². The highest BCUT2D eigenvalue weighted by molar-refractivity contribution is 5.57. The molecular formula is C17H17N5O2. The van der Waals surface area contributed by atoms with Crippen LogP contribution in [0.15, 0.2) is 47.1 Å². The first-order valence-corrected chi connectivity index (χ1v) is 7.84. The summed E-state index contributed by atoms with van der Waals surface area (Å²) in [5.74, 6) is 2.69. The maximum absolute atomic E-state index is 5.61. The fourth-order valence-electron chi connectivity index (χ4n) is 2.78. The summed E-state index contributed by atoms with van der Waals surface area (Å²) in [5, 5.41) is 4.04. The van der Waals surface area contributed by atoms with Crippen molar-refractivity contribution in [2.75, 3.05) is 24.7 Å². The minimum absolute atomic E-state index is 0.116. The van der Waals surface area contributed by atoms with Crippen molar-refractivity contribution in [3.63, 3.8) is 0 Å². The number of hydrogen-bond acceptors (Lipinski definition) is 7. The first-order chi connectivity index (χ1) is 11.8. The number of anilines is 1. The highest BCUT2D eigenvalue weighted by Gasteiger charge is 2.29. The zero-order valence-electron chi connectivity index (χ0n) is 13.3. The Labute approximate surface area is 139 Å². The van der Waals surface area contributed by atoms with Gasteiger partial charge in [-0.25, -0.2) is 9.97 Å². The van der Waals surface area contributed by atoms with E-state index in [0.29, 0.717) is 37.3 Å². The fourth-order valence-corrected chi connectivity index (χ4v) is 2.78. The molecule has 24 heavy (non-hydrogen) atoms. The van der Waals surface area contributed by atoms with Crippen molar-refractivity contribution in [2.45, 2.75) is 13.0 Å². The fraction of sp³-hybridized carbons (Fsp3) is 0.294. The molecule has 1 fully saturated rings. The van der Waals surface area contributed by atoms with Crippen LogP contribution in [0.4, 0.5) is 5.82 Å². The number of aromatic nitrogens is 4. The highest BCUT2D eigenvalue weighted by Crippen LogP contribution is 2.28. The van der Waals surface area contributed by atoms with Crippen LogP contribution in [0.5, 0.6) is 0 Å². The van der Waals surface area contributed by atoms with Gasteiger partial charge < -0.3 is 14.2 Å². The molecule has 1 aliphatic rings. The summed E-state index contributed by atoms with van der Waals surface area (Å²) in [6.07, 6.45) is 1.78. The van der Waals surface area contributed by atoms with E-state index in [0.717, 1.165) is 11.4 Å². The summed E-state index contributed by atoms with van der Waals surface area (Å²) in [6.45, 7) is 3.63. The molecule has 0 N–H and O–H groups in total. The molecule has 3 heterocycles. The Morgan fingerprint density at radius 2 is 2.00 bits per heavy atom. The molecule has 0 amide bonds. The Kier molecular flexibility index (Phi) is 3.92. The van der Waals surface area contributed by atoms with Crippen molar-refractivity contribution in [1.29, 1.82) is 0 Å². The third-order valence-corrected chi connectivity index (χ3v) is 3.94. The predicted octanol–water partition coefficient (Wildman–Crippen LogP) is 2.41. The standard InChI is InChI=1S/C17H17N5O2/c1-12-19-17(21-24-12)14-11-23-10-9-22(14)15-7-8-18-16(20-15)13-5-3-2-4-6-13/h2-8,14H,9-11H2,1H3/t14-/m1/s1. The molecule has 0 unspecified atom stereocenters. The van der Waals surface area contributed by atoms with Crippen molar-refractivity contribution in [3.05, 3.63) is 54.3 Å². The molecule has 1 aromatic carbocycles. The van der Waals surface area contributed by atoms with Gasteiger partial charge in [0.15, 0.2) is 11.6 Å². The Hall–Kier alpha value is -2.80. The molecule has 0 aliphatic carbocycles. The van der Waals surface area contributed by atoms with E-state index in [9.17, 15) is 0 Å². The molecule has 4 rings (SSSR count). The minimum Gasteiger partial charge on any atom is -0.377 e. The van der Waals surface area contributed by atoms with Gasteiger partial charge in [-0.05, 0) is 6.07 Å². The summed E-state index contributed by atoms with van der Waals surface area (Å²) in [5.41, 5.74) is 0.986. The predicted molar refractivity (Wildman–Crippen MR) is 87.4 cm³/mol. The molecule has 3 aromatic rings. The molecule has 0 bridgehead atoms. The smallest absolute Gasteiger partial charge is 0.223 e. The van der Waals surface area contributed by atoms with Crippen LogP contribution >= 0.6 is 0 Å². The van der Waals surface area contributed by atoms with E-state index in [1.807, 2.05) is 36.4 Å². The Bertz CT molecular complexity index is 821. The van der Waals surface area contributed by atoms with Crippen molar-refractivity contribution in [1.82, 2.24) is 20.1 Å². The van der Waals surface area contributed by atoms with E-state index < -0.39 is 0 Å². The largest absolute Gasteiger partial charge is 0.377 e. The second-order valence-corrected chi connectivity index (χ2v) is 5.56. The Morgan fingerprint density at radius 3 is 2.79 bits per heavy atom. The van der Waals surface area contributed by atoms with Gasteiger partial charge in [-0.2, -0.15) is 4.98 Å². The number of aryl methyl sites for hydroxylation is 1. The number of morpholine rings is 1. The van der Waals surface area contributed by atoms with E-state index in [4.69, 9.17) is 14.2 Å². The maximum Gasteiger partial charge on any atom is 0.223 e. The van der Waals surface area contributed by atoms with E-state index in [1.54, 1.807) is 13.1 Å². The average molecular weight is 323 g/mol. The summed E-state index contributed by atoms with van der Waals surface area (Å²) in [6, 6.07) is 11.7. The van der Waals surface area contributed by atoms with Gasteiger partial charge in [-0.1, -0.05) is 35.5 Å². The molecule has 1 aliphatic heterocycles. The second-order valence-electron chi connectivity index (χ2n) is 5.56. The van der Waals surface area contributed by atoms with Crippen LogP contribution in [0.3, 0.4) is 0 Å². The molecular weight excluding hydrogens is 306 g/mol. The second kappa shape index (κ2) is 6.37. The van der Waals surface area contributed by atoms with Gasteiger partial charge in [0.2, 0.25) is 5.89 Å². The molecule has 1 saturated heterocycles. The monoisotopic (exact) mass is 323 g/mol. The normalized spacial score (nSPS) is 17.9. The van der Waals surface area contributed by atoms with Crippen LogP contribution in [0.25, 0.3) is 11.4 Å². The number of nitrogens with zero attached hydrogens (tertiary/aromatic N) is 5. The third kappa shape index (κ3) is 2.85. The third-order valence-electron chi connectivity index (χ3n) is 3.94. The van der Waals surface area contributed by atoms with E-state index >= 15 is 0 Å². The molecule has 122 valence electrons. The first-order valence-electron chi connectivity index (χ1n) is 7.84. The summed E-state index contributed by atoms with van der Waals surface area (Å²) < 4.78 is 10.7. The SMILES string of the molecule is Cc1nc([C@H]2COCCN2c2ccnc(-c3ccccc3)n2)no1. The van der Waals surface area contributed by atoms with Crippen LogP contribution in [0, 0.1) is 6.92 Å². The molecule has 0 spiro atoms. The van der Waals surface area contributed by atoms with E-state index in [2.05, 4.69) is 20.0 Å². The van der Waals surface area contributed by atoms with Gasteiger partial charge in [0, 0.05) is 25.2 Å². The number of ether oxygens (including phenoxy) is 1. The lowest BCUT2D eigenvalue weighted by Crippen LogP contribution is -2.40. The lowest BCUT2D eigenvalue weighted by atomic mass is 10.2. The number of rotatable bonds is 3. The van der Waals surface area contributed by atoms with Crippen molar-refractivity contribution >= 4 is 5.82 Å². The van der Waals surface area contributed by atoms with Crippen LogP contribution < -0.4 is 4.90 Å². The molecule has 0 saturated carbocycles. The van der Waals surface area contributed by atoms with Crippen LogP contribution in [0.1, 0.15) is 17.8 Å². The first kappa shape index (κ1) is 14.8. The molecule has 7 nitrogen and oxygen atoms in total. The highest BCUT2D eigenvalue weighted by atomic mass is 16.5. The van der Waals surface area contributed by atoms with Crippen molar-refractivity contribution in [3.8, 4) is 11.4 Å². The molecule has 2 aromatic heterocycles. The number of hydrogen-bond donors (Lipinski definition) is 0. The van der Waals surface area contributed by atoms with Gasteiger partial charge in [-0.3, -0.25) is 0 Å². The molecule has 7 heteroatoms. The summed E-state index contributed by atoms with van der Waals surface area (Å²) >= 11 is 0. The Morgan fingerprint density at radius 1 is 1.12 bits per heavy atom. The quantitative estimate of drug-likeness (QED) is 0.732. The average Bonchev–Trinajstić information content (AvgIpc) is 3.09. The maximum atomic E-state index is 5.61. The van der Waals surface area contributed by atoms with Crippen molar-refractivity contribution < 1.29 is 9.26 Å². The lowest BCUT2D eigenvalue weighted by molar-refractivity contribution is 0.0905. The molecule has 1 atom stereocenters. The zero-order valence-corrected chi connectivity index (χ0v) is 13.3. The van der Waals surface area contributed by atoms with Gasteiger partial charge >= 0.3 is 0 Å². The Balaban J connectivity index is 1.68. The molecule has 0 radical (unpaired) electrons. The topological polar surface area (TPSA) is 77.2 Å². The zero-order chi connectivity index (χ0) is 16.4.